The van der Waals surface area contributed by atoms with Crippen molar-refractivity contribution in [2.24, 2.45) is 5.92 Å². The topological polar surface area (TPSA) is 9.72 Å². The molecule has 150 valence electrons. The summed E-state index contributed by atoms with van der Waals surface area (Å²) in [5.74, 6) is 0.179. The van der Waals surface area contributed by atoms with Crippen LogP contribution in [0.3, 0.4) is 0 Å². The lowest BCUT2D eigenvalue weighted by Gasteiger charge is -2.42. The maximum Gasteiger partial charge on any atom is 0.125 e. The fraction of sp³-hybridized carbons (Fsp3) is 0.478. The number of benzene rings is 2. The van der Waals surface area contributed by atoms with Crippen LogP contribution in [0.25, 0.3) is 0 Å². The van der Waals surface area contributed by atoms with Gasteiger partial charge in [0.1, 0.15) is 11.6 Å². The highest BCUT2D eigenvalue weighted by atomic mass is 19.1. The van der Waals surface area contributed by atoms with Crippen LogP contribution in [0, 0.1) is 17.6 Å². The second-order valence-corrected chi connectivity index (χ2v) is 8.28. The Labute approximate surface area is 166 Å². The summed E-state index contributed by atoms with van der Waals surface area (Å²) in [5.41, 5.74) is 2.85. The summed E-state index contributed by atoms with van der Waals surface area (Å²) in [6, 6.07) is 12.1. The number of hydrogen-bond donors (Lipinski definition) is 0. The van der Waals surface area contributed by atoms with Gasteiger partial charge in [-0.15, -0.1) is 0 Å². The van der Waals surface area contributed by atoms with Gasteiger partial charge >= 0.3 is 0 Å². The van der Waals surface area contributed by atoms with Crippen LogP contribution in [-0.2, 0) is 0 Å². The number of anilines is 3. The van der Waals surface area contributed by atoms with Crippen molar-refractivity contribution in [2.75, 3.05) is 42.5 Å². The Bertz CT molecular complexity index is 798. The third kappa shape index (κ3) is 4.00. The fourth-order valence-electron chi connectivity index (χ4n) is 4.48. The van der Waals surface area contributed by atoms with E-state index in [9.17, 15) is 8.78 Å². The monoisotopic (exact) mass is 385 g/mol. The van der Waals surface area contributed by atoms with Crippen molar-refractivity contribution in [3.05, 3.63) is 54.1 Å². The first-order valence-corrected chi connectivity index (χ1v) is 10.3. The lowest BCUT2D eigenvalue weighted by Crippen LogP contribution is -2.45. The van der Waals surface area contributed by atoms with Crippen molar-refractivity contribution in [1.82, 2.24) is 4.90 Å². The van der Waals surface area contributed by atoms with Gasteiger partial charge < -0.3 is 14.7 Å². The molecule has 0 bridgehead atoms. The minimum atomic E-state index is -0.255. The van der Waals surface area contributed by atoms with Crippen molar-refractivity contribution in [3.8, 4) is 0 Å². The van der Waals surface area contributed by atoms with Gasteiger partial charge in [-0.05, 0) is 88.2 Å². The number of rotatable bonds is 4. The van der Waals surface area contributed by atoms with Crippen LogP contribution in [0.4, 0.5) is 25.8 Å². The van der Waals surface area contributed by atoms with Crippen LogP contribution in [-0.4, -0.2) is 43.7 Å². The number of piperidine rings is 1. The first-order valence-electron chi connectivity index (χ1n) is 10.3. The lowest BCUT2D eigenvalue weighted by molar-refractivity contribution is 0.151. The standard InChI is InChI=1S/C23H29F2N3/c1-17(2)26-11-9-18(10-12-26)16-27-13-14-28(21-6-3-19(24)4-7-21)23-15-20(25)5-8-22(23)27/h3-8,15,17-18H,9-14,16H2,1-2H3. The molecule has 0 N–H and O–H groups in total. The molecular formula is C23H29F2N3. The van der Waals surface area contributed by atoms with Gasteiger partial charge in [0, 0.05) is 31.4 Å². The summed E-state index contributed by atoms with van der Waals surface area (Å²) < 4.78 is 27.4. The first kappa shape index (κ1) is 19.2. The normalized spacial score (nSPS) is 18.6. The predicted octanol–water partition coefficient (Wildman–Crippen LogP) is 5.04. The van der Waals surface area contributed by atoms with E-state index in [4.69, 9.17) is 0 Å². The third-order valence-electron chi connectivity index (χ3n) is 6.16. The van der Waals surface area contributed by atoms with Crippen molar-refractivity contribution in [1.29, 1.82) is 0 Å². The maximum absolute atomic E-state index is 14.0. The number of nitrogens with zero attached hydrogens (tertiary/aromatic N) is 3. The van der Waals surface area contributed by atoms with Gasteiger partial charge in [0.15, 0.2) is 0 Å². The van der Waals surface area contributed by atoms with Crippen molar-refractivity contribution in [2.45, 2.75) is 32.7 Å². The average Bonchev–Trinajstić information content (AvgIpc) is 2.69. The number of hydrogen-bond acceptors (Lipinski definition) is 3. The lowest BCUT2D eigenvalue weighted by atomic mass is 9.94. The van der Waals surface area contributed by atoms with E-state index >= 15 is 0 Å². The second-order valence-electron chi connectivity index (χ2n) is 8.28. The van der Waals surface area contributed by atoms with Gasteiger partial charge in [-0.2, -0.15) is 0 Å². The van der Waals surface area contributed by atoms with E-state index in [0.717, 1.165) is 49.8 Å². The largest absolute Gasteiger partial charge is 0.368 e. The zero-order chi connectivity index (χ0) is 19.7. The number of likely N-dealkylation sites (tertiary alicyclic amines) is 1. The van der Waals surface area contributed by atoms with Gasteiger partial charge in [0.05, 0.1) is 11.4 Å². The summed E-state index contributed by atoms with van der Waals surface area (Å²) in [6.07, 6.45) is 2.43. The van der Waals surface area contributed by atoms with E-state index in [2.05, 4.69) is 28.5 Å². The van der Waals surface area contributed by atoms with E-state index < -0.39 is 0 Å². The molecule has 2 aliphatic rings. The van der Waals surface area contributed by atoms with Gasteiger partial charge in [-0.3, -0.25) is 0 Å². The molecule has 0 radical (unpaired) electrons. The van der Waals surface area contributed by atoms with E-state index in [1.54, 1.807) is 24.3 Å². The average molecular weight is 386 g/mol. The van der Waals surface area contributed by atoms with Gasteiger partial charge in [0.2, 0.25) is 0 Å². The Kier molecular flexibility index (Phi) is 5.54. The molecule has 3 nitrogen and oxygen atoms in total. The van der Waals surface area contributed by atoms with E-state index in [0.29, 0.717) is 12.0 Å². The zero-order valence-corrected chi connectivity index (χ0v) is 16.7. The minimum Gasteiger partial charge on any atom is -0.368 e. The van der Waals surface area contributed by atoms with Crippen LogP contribution in [0.15, 0.2) is 42.5 Å². The van der Waals surface area contributed by atoms with Gasteiger partial charge in [-0.25, -0.2) is 8.78 Å². The molecule has 5 heteroatoms. The predicted molar refractivity (Wildman–Crippen MR) is 111 cm³/mol. The minimum absolute atomic E-state index is 0.238. The Balaban J connectivity index is 1.53. The quantitative estimate of drug-likeness (QED) is 0.730. The SMILES string of the molecule is CC(C)N1CCC(CN2CCN(c3ccc(F)cc3)c3cc(F)ccc32)CC1. The summed E-state index contributed by atoms with van der Waals surface area (Å²) >= 11 is 0. The number of fused-ring (bicyclic) bond motifs is 1. The summed E-state index contributed by atoms with van der Waals surface area (Å²) in [4.78, 5) is 7.05. The van der Waals surface area contributed by atoms with Crippen LogP contribution in [0.2, 0.25) is 0 Å². The molecule has 0 spiro atoms. The summed E-state index contributed by atoms with van der Waals surface area (Å²) in [7, 11) is 0. The molecule has 2 aromatic carbocycles. The first-order chi connectivity index (χ1) is 13.5. The molecule has 4 rings (SSSR count). The maximum atomic E-state index is 14.0. The van der Waals surface area contributed by atoms with E-state index in [1.807, 2.05) is 6.07 Å². The highest BCUT2D eigenvalue weighted by Crippen LogP contribution is 2.39. The Morgan fingerprint density at radius 1 is 0.857 bits per heavy atom. The molecular weight excluding hydrogens is 356 g/mol. The molecule has 28 heavy (non-hydrogen) atoms. The molecule has 2 heterocycles. The Hall–Kier alpha value is -2.14. The highest BCUT2D eigenvalue weighted by Gasteiger charge is 2.28. The molecule has 0 atom stereocenters. The van der Waals surface area contributed by atoms with Crippen LogP contribution >= 0.6 is 0 Å². The van der Waals surface area contributed by atoms with Crippen molar-refractivity contribution >= 4 is 17.1 Å². The van der Waals surface area contributed by atoms with E-state index in [1.165, 1.54) is 25.0 Å². The Morgan fingerprint density at radius 3 is 2.21 bits per heavy atom. The van der Waals surface area contributed by atoms with Crippen LogP contribution in [0.1, 0.15) is 26.7 Å². The third-order valence-corrected chi connectivity index (χ3v) is 6.16. The highest BCUT2D eigenvalue weighted by molar-refractivity contribution is 5.79. The fourth-order valence-corrected chi connectivity index (χ4v) is 4.48. The van der Waals surface area contributed by atoms with Crippen molar-refractivity contribution < 1.29 is 8.78 Å². The second kappa shape index (κ2) is 8.08. The molecule has 2 aromatic rings. The van der Waals surface area contributed by atoms with Gasteiger partial charge in [0.25, 0.3) is 0 Å². The molecule has 1 fully saturated rings. The molecule has 0 unspecified atom stereocenters. The smallest absolute Gasteiger partial charge is 0.125 e. The number of halogens is 2. The molecule has 0 aliphatic carbocycles. The summed E-state index contributed by atoms with van der Waals surface area (Å²) in [6.45, 7) is 9.52. The molecule has 0 aromatic heterocycles. The van der Waals surface area contributed by atoms with E-state index in [-0.39, 0.29) is 11.6 Å². The van der Waals surface area contributed by atoms with Gasteiger partial charge in [-0.1, -0.05) is 0 Å². The molecule has 0 saturated carbocycles. The van der Waals surface area contributed by atoms with Crippen LogP contribution in [0.5, 0.6) is 0 Å². The van der Waals surface area contributed by atoms with Crippen LogP contribution < -0.4 is 9.80 Å². The molecule has 1 saturated heterocycles. The molecule has 2 aliphatic heterocycles. The summed E-state index contributed by atoms with van der Waals surface area (Å²) in [5, 5.41) is 0. The zero-order valence-electron chi connectivity index (χ0n) is 16.7. The van der Waals surface area contributed by atoms with Crippen molar-refractivity contribution in [3.63, 3.8) is 0 Å². The molecule has 0 amide bonds. The Morgan fingerprint density at radius 2 is 1.54 bits per heavy atom.